The second kappa shape index (κ2) is 6.16. The van der Waals surface area contributed by atoms with Gasteiger partial charge >= 0.3 is 0 Å². The van der Waals surface area contributed by atoms with Crippen molar-refractivity contribution in [2.24, 2.45) is 0 Å². The topological polar surface area (TPSA) is 51.0 Å². The molecule has 2 aromatic carbocycles. The van der Waals surface area contributed by atoms with Gasteiger partial charge in [-0.3, -0.25) is 0 Å². The van der Waals surface area contributed by atoms with E-state index in [0.717, 1.165) is 16.8 Å². The zero-order valence-electron chi connectivity index (χ0n) is 10.9. The normalized spacial score (nSPS) is 10.6. The number of halogens is 2. The first-order valence-electron chi connectivity index (χ1n) is 6.27. The summed E-state index contributed by atoms with van der Waals surface area (Å²) in [5.41, 5.74) is 2.63. The minimum Gasteiger partial charge on any atom is -0.423 e. The predicted octanol–water partition coefficient (Wildman–Crippen LogP) is 4.66. The van der Waals surface area contributed by atoms with E-state index in [0.29, 0.717) is 22.5 Å². The molecular formula is C15H11Cl2N3O. The van der Waals surface area contributed by atoms with E-state index < -0.39 is 0 Å². The number of hydrogen-bond acceptors (Lipinski definition) is 4. The molecule has 0 aliphatic heterocycles. The van der Waals surface area contributed by atoms with Crippen molar-refractivity contribution in [2.75, 3.05) is 5.32 Å². The van der Waals surface area contributed by atoms with Gasteiger partial charge in [0.2, 0.25) is 12.3 Å². The van der Waals surface area contributed by atoms with Crippen molar-refractivity contribution in [3.63, 3.8) is 0 Å². The lowest BCUT2D eigenvalue weighted by Gasteiger charge is -2.10. The minimum absolute atomic E-state index is 0.481. The summed E-state index contributed by atoms with van der Waals surface area (Å²) in [5.74, 6) is 0.481. The van der Waals surface area contributed by atoms with Crippen LogP contribution in [0.5, 0.6) is 0 Å². The third-order valence-corrected chi connectivity index (χ3v) is 3.71. The fraction of sp³-hybridized carbons (Fsp3) is 0.0667. The van der Waals surface area contributed by atoms with Crippen LogP contribution in [0.25, 0.3) is 11.5 Å². The van der Waals surface area contributed by atoms with Gasteiger partial charge < -0.3 is 9.73 Å². The summed E-state index contributed by atoms with van der Waals surface area (Å²) in [6.07, 6.45) is 1.30. The fourth-order valence-electron chi connectivity index (χ4n) is 1.95. The number of aromatic nitrogens is 2. The SMILES string of the molecule is Clc1cccc(Cl)c1CNc1cccc(-c2nnco2)c1. The molecule has 0 amide bonds. The second-order valence-corrected chi connectivity index (χ2v) is 5.19. The van der Waals surface area contributed by atoms with E-state index in [2.05, 4.69) is 15.5 Å². The molecular weight excluding hydrogens is 309 g/mol. The molecule has 1 heterocycles. The molecule has 0 atom stereocenters. The van der Waals surface area contributed by atoms with Gasteiger partial charge in [-0.25, -0.2) is 0 Å². The summed E-state index contributed by atoms with van der Waals surface area (Å²) in [6.45, 7) is 0.534. The molecule has 0 spiro atoms. The minimum atomic E-state index is 0.481. The van der Waals surface area contributed by atoms with Gasteiger partial charge in [0, 0.05) is 33.4 Å². The first kappa shape index (κ1) is 13.9. The van der Waals surface area contributed by atoms with Gasteiger partial charge in [0.1, 0.15) is 0 Å². The lowest BCUT2D eigenvalue weighted by molar-refractivity contribution is 0.568. The molecule has 0 aliphatic carbocycles. The zero-order chi connectivity index (χ0) is 14.7. The highest BCUT2D eigenvalue weighted by Gasteiger charge is 2.07. The largest absolute Gasteiger partial charge is 0.423 e. The quantitative estimate of drug-likeness (QED) is 0.760. The summed E-state index contributed by atoms with van der Waals surface area (Å²) in [5, 5.41) is 12.1. The van der Waals surface area contributed by atoms with Crippen molar-refractivity contribution in [3.05, 3.63) is 64.5 Å². The smallest absolute Gasteiger partial charge is 0.247 e. The summed E-state index contributed by atoms with van der Waals surface area (Å²) < 4.78 is 5.18. The number of hydrogen-bond donors (Lipinski definition) is 1. The fourth-order valence-corrected chi connectivity index (χ4v) is 2.48. The summed E-state index contributed by atoms with van der Waals surface area (Å²) in [7, 11) is 0. The number of anilines is 1. The van der Waals surface area contributed by atoms with Gasteiger partial charge in [-0.2, -0.15) is 0 Å². The Morgan fingerprint density at radius 1 is 1.05 bits per heavy atom. The standard InChI is InChI=1S/C15H11Cl2N3O/c16-13-5-2-6-14(17)12(13)8-18-11-4-1-3-10(7-11)15-20-19-9-21-15/h1-7,9,18H,8H2. The molecule has 0 fully saturated rings. The van der Waals surface area contributed by atoms with Crippen LogP contribution in [0.4, 0.5) is 5.69 Å². The Balaban J connectivity index is 1.78. The van der Waals surface area contributed by atoms with Crippen molar-refractivity contribution in [3.8, 4) is 11.5 Å². The molecule has 0 bridgehead atoms. The van der Waals surface area contributed by atoms with Crippen LogP contribution in [0.1, 0.15) is 5.56 Å². The summed E-state index contributed by atoms with van der Waals surface area (Å²) >= 11 is 12.3. The van der Waals surface area contributed by atoms with E-state index in [1.165, 1.54) is 6.39 Å². The maximum atomic E-state index is 6.15. The van der Waals surface area contributed by atoms with Gasteiger partial charge in [0.15, 0.2) is 0 Å². The van der Waals surface area contributed by atoms with Gasteiger partial charge in [-0.15, -0.1) is 10.2 Å². The number of nitrogens with one attached hydrogen (secondary N) is 1. The molecule has 0 aliphatic rings. The molecule has 0 unspecified atom stereocenters. The van der Waals surface area contributed by atoms with Gasteiger partial charge in [-0.1, -0.05) is 35.3 Å². The summed E-state index contributed by atoms with van der Waals surface area (Å²) in [4.78, 5) is 0. The van der Waals surface area contributed by atoms with Crippen molar-refractivity contribution >= 4 is 28.9 Å². The molecule has 0 radical (unpaired) electrons. The highest BCUT2D eigenvalue weighted by atomic mass is 35.5. The van der Waals surface area contributed by atoms with Crippen LogP contribution in [0.2, 0.25) is 10.0 Å². The van der Waals surface area contributed by atoms with E-state index in [-0.39, 0.29) is 0 Å². The molecule has 3 rings (SSSR count). The van der Waals surface area contributed by atoms with Crippen LogP contribution in [-0.2, 0) is 6.54 Å². The van der Waals surface area contributed by atoms with Crippen molar-refractivity contribution < 1.29 is 4.42 Å². The van der Waals surface area contributed by atoms with E-state index in [9.17, 15) is 0 Å². The van der Waals surface area contributed by atoms with Crippen LogP contribution in [0, 0.1) is 0 Å². The Morgan fingerprint density at radius 2 is 1.81 bits per heavy atom. The second-order valence-electron chi connectivity index (χ2n) is 4.38. The Morgan fingerprint density at radius 3 is 2.52 bits per heavy atom. The Kier molecular flexibility index (Phi) is 4.08. The molecule has 3 aromatic rings. The molecule has 4 nitrogen and oxygen atoms in total. The first-order valence-corrected chi connectivity index (χ1v) is 7.03. The van der Waals surface area contributed by atoms with Crippen molar-refractivity contribution in [1.29, 1.82) is 0 Å². The van der Waals surface area contributed by atoms with E-state index in [4.69, 9.17) is 27.6 Å². The van der Waals surface area contributed by atoms with Gasteiger partial charge in [0.05, 0.1) is 0 Å². The van der Waals surface area contributed by atoms with Crippen LogP contribution >= 0.6 is 23.2 Å². The average molecular weight is 320 g/mol. The number of rotatable bonds is 4. The highest BCUT2D eigenvalue weighted by Crippen LogP contribution is 2.26. The zero-order valence-corrected chi connectivity index (χ0v) is 12.4. The maximum absolute atomic E-state index is 6.15. The van der Waals surface area contributed by atoms with Gasteiger partial charge in [0.25, 0.3) is 0 Å². The van der Waals surface area contributed by atoms with Crippen molar-refractivity contribution in [1.82, 2.24) is 10.2 Å². The predicted molar refractivity (Wildman–Crippen MR) is 83.5 cm³/mol. The number of benzene rings is 2. The van der Waals surface area contributed by atoms with Crippen LogP contribution in [-0.4, -0.2) is 10.2 Å². The first-order chi connectivity index (χ1) is 10.2. The third-order valence-electron chi connectivity index (χ3n) is 3.00. The lowest BCUT2D eigenvalue weighted by Crippen LogP contribution is -2.01. The molecule has 1 N–H and O–H groups in total. The Labute approximate surface area is 131 Å². The molecule has 1 aromatic heterocycles. The Hall–Kier alpha value is -2.04. The average Bonchev–Trinajstić information content (AvgIpc) is 3.01. The van der Waals surface area contributed by atoms with Gasteiger partial charge in [-0.05, 0) is 30.3 Å². The van der Waals surface area contributed by atoms with E-state index >= 15 is 0 Å². The molecule has 6 heteroatoms. The molecule has 106 valence electrons. The molecule has 0 saturated heterocycles. The monoisotopic (exact) mass is 319 g/mol. The maximum Gasteiger partial charge on any atom is 0.247 e. The lowest BCUT2D eigenvalue weighted by atomic mass is 10.2. The van der Waals surface area contributed by atoms with E-state index in [1.54, 1.807) is 0 Å². The van der Waals surface area contributed by atoms with Crippen LogP contribution in [0.3, 0.4) is 0 Å². The Bertz CT molecular complexity index is 724. The third kappa shape index (κ3) is 3.17. The summed E-state index contributed by atoms with van der Waals surface area (Å²) in [6, 6.07) is 13.2. The molecule has 0 saturated carbocycles. The van der Waals surface area contributed by atoms with Crippen LogP contribution in [0.15, 0.2) is 53.3 Å². The van der Waals surface area contributed by atoms with Crippen molar-refractivity contribution in [2.45, 2.75) is 6.54 Å². The van der Waals surface area contributed by atoms with Crippen LogP contribution < -0.4 is 5.32 Å². The number of nitrogens with zero attached hydrogens (tertiary/aromatic N) is 2. The highest BCUT2D eigenvalue weighted by molar-refractivity contribution is 6.36. The van der Waals surface area contributed by atoms with E-state index in [1.807, 2.05) is 42.5 Å². The molecule has 21 heavy (non-hydrogen) atoms.